The lowest BCUT2D eigenvalue weighted by atomic mass is 10.3. The number of hydrogen-bond acceptors (Lipinski definition) is 4. The summed E-state index contributed by atoms with van der Waals surface area (Å²) in [5.41, 5.74) is 0. The molecular formula is C10H8FN3O3. The Hall–Kier alpha value is -2.44. The van der Waals surface area contributed by atoms with Crippen molar-refractivity contribution in [3.63, 3.8) is 0 Å². The first kappa shape index (κ1) is 11.1. The Labute approximate surface area is 95.4 Å². The zero-order valence-corrected chi connectivity index (χ0v) is 8.62. The average molecular weight is 237 g/mol. The largest absolute Gasteiger partial charge is 0.469 e. The Morgan fingerprint density at radius 3 is 2.94 bits per heavy atom. The van der Waals surface area contributed by atoms with Gasteiger partial charge < -0.3 is 14.9 Å². The first-order valence-corrected chi connectivity index (χ1v) is 4.71. The number of aromatic nitrogens is 2. The number of rotatable bonds is 4. The summed E-state index contributed by atoms with van der Waals surface area (Å²) in [5, 5.41) is 14.0. The summed E-state index contributed by atoms with van der Waals surface area (Å²) >= 11 is 0. The van der Waals surface area contributed by atoms with Gasteiger partial charge in [-0.1, -0.05) is 6.07 Å². The van der Waals surface area contributed by atoms with Gasteiger partial charge in [0.15, 0.2) is 0 Å². The monoisotopic (exact) mass is 237 g/mol. The van der Waals surface area contributed by atoms with Crippen molar-refractivity contribution in [3.05, 3.63) is 52.5 Å². The van der Waals surface area contributed by atoms with E-state index in [9.17, 15) is 14.5 Å². The lowest BCUT2D eigenvalue weighted by Crippen LogP contribution is -2.06. The van der Waals surface area contributed by atoms with Gasteiger partial charge in [0.05, 0.1) is 17.4 Å². The highest BCUT2D eigenvalue weighted by Crippen LogP contribution is 2.13. The fraction of sp³-hybridized carbons (Fsp3) is 0.100. The van der Waals surface area contributed by atoms with Gasteiger partial charge >= 0.3 is 5.82 Å². The second-order valence-electron chi connectivity index (χ2n) is 3.20. The molecule has 0 amide bonds. The maximum absolute atomic E-state index is 12.8. The Balaban J connectivity index is 2.00. The Kier molecular flexibility index (Phi) is 2.99. The van der Waals surface area contributed by atoms with Gasteiger partial charge in [-0.3, -0.25) is 0 Å². The van der Waals surface area contributed by atoms with Gasteiger partial charge in [-0.15, -0.1) is 4.68 Å². The predicted molar refractivity (Wildman–Crippen MR) is 55.9 cm³/mol. The van der Waals surface area contributed by atoms with E-state index in [1.807, 2.05) is 0 Å². The lowest BCUT2D eigenvalue weighted by molar-refractivity contribution is -0.389. The molecule has 0 bridgehead atoms. The molecule has 0 atom stereocenters. The van der Waals surface area contributed by atoms with Crippen LogP contribution in [0, 0.1) is 15.9 Å². The minimum absolute atomic E-state index is 0.0166. The molecule has 1 heterocycles. The van der Waals surface area contributed by atoms with Crippen LogP contribution in [0.15, 0.2) is 36.5 Å². The number of nitro groups is 1. The third-order valence-electron chi connectivity index (χ3n) is 1.97. The second kappa shape index (κ2) is 4.60. The summed E-state index contributed by atoms with van der Waals surface area (Å²) in [6.07, 6.45) is 1.41. The highest BCUT2D eigenvalue weighted by Gasteiger charge is 2.10. The van der Waals surface area contributed by atoms with Gasteiger partial charge in [-0.2, -0.15) is 0 Å². The average Bonchev–Trinajstić information content (AvgIpc) is 2.75. The van der Waals surface area contributed by atoms with Crippen LogP contribution in [-0.4, -0.2) is 14.7 Å². The lowest BCUT2D eigenvalue weighted by Gasteiger charge is -2.03. The number of ether oxygens (including phenoxy) is 1. The van der Waals surface area contributed by atoms with Crippen LogP contribution in [0.25, 0.3) is 0 Å². The smallest absolute Gasteiger partial charge is 0.390 e. The van der Waals surface area contributed by atoms with E-state index >= 15 is 0 Å². The van der Waals surface area contributed by atoms with Crippen molar-refractivity contribution < 1.29 is 14.1 Å². The molecule has 0 spiro atoms. The fourth-order valence-corrected chi connectivity index (χ4v) is 1.22. The highest BCUT2D eigenvalue weighted by molar-refractivity contribution is 5.22. The van der Waals surface area contributed by atoms with Crippen molar-refractivity contribution >= 4 is 5.82 Å². The van der Waals surface area contributed by atoms with E-state index in [0.29, 0.717) is 5.75 Å². The molecule has 0 saturated heterocycles. The molecule has 2 rings (SSSR count). The van der Waals surface area contributed by atoms with Crippen LogP contribution < -0.4 is 4.74 Å². The topological polar surface area (TPSA) is 70.2 Å². The first-order valence-electron chi connectivity index (χ1n) is 4.71. The maximum atomic E-state index is 12.8. The molecule has 0 fully saturated rings. The SMILES string of the molecule is O=[N+]([O-])c1ccn(COc2cccc(F)c2)n1. The third-order valence-corrected chi connectivity index (χ3v) is 1.97. The molecule has 0 aliphatic heterocycles. The van der Waals surface area contributed by atoms with Crippen LogP contribution in [0.3, 0.4) is 0 Å². The summed E-state index contributed by atoms with van der Waals surface area (Å²) < 4.78 is 19.3. The number of nitrogens with zero attached hydrogens (tertiary/aromatic N) is 3. The first-order chi connectivity index (χ1) is 8.15. The van der Waals surface area contributed by atoms with E-state index in [1.54, 1.807) is 6.07 Å². The number of hydrogen-bond donors (Lipinski definition) is 0. The summed E-state index contributed by atoms with van der Waals surface area (Å²) in [5.74, 6) is -0.329. The van der Waals surface area contributed by atoms with Gasteiger partial charge in [-0.05, 0) is 17.1 Å². The Morgan fingerprint density at radius 1 is 1.47 bits per heavy atom. The third kappa shape index (κ3) is 2.77. The molecule has 2 aromatic rings. The van der Waals surface area contributed by atoms with Gasteiger partial charge in [0.1, 0.15) is 11.6 Å². The Morgan fingerprint density at radius 2 is 2.29 bits per heavy atom. The molecule has 1 aromatic carbocycles. The van der Waals surface area contributed by atoms with Gasteiger partial charge in [0.25, 0.3) is 0 Å². The second-order valence-corrected chi connectivity index (χ2v) is 3.20. The standard InChI is InChI=1S/C10H8FN3O3/c11-8-2-1-3-9(6-8)17-7-13-5-4-10(12-13)14(15)16/h1-6H,7H2. The summed E-state index contributed by atoms with van der Waals surface area (Å²) in [6.45, 7) is -0.0166. The van der Waals surface area contributed by atoms with Gasteiger partial charge in [0.2, 0.25) is 6.73 Å². The molecule has 1 aromatic heterocycles. The molecule has 0 radical (unpaired) electrons. The van der Waals surface area contributed by atoms with E-state index < -0.39 is 10.7 Å². The Bertz CT molecular complexity index is 541. The normalized spacial score (nSPS) is 10.2. The summed E-state index contributed by atoms with van der Waals surface area (Å²) in [4.78, 5) is 9.77. The van der Waals surface area contributed by atoms with Crippen LogP contribution in [0.4, 0.5) is 10.2 Å². The fourth-order valence-electron chi connectivity index (χ4n) is 1.22. The van der Waals surface area contributed by atoms with Crippen LogP contribution in [-0.2, 0) is 6.73 Å². The van der Waals surface area contributed by atoms with E-state index in [4.69, 9.17) is 4.74 Å². The van der Waals surface area contributed by atoms with Gasteiger partial charge in [0, 0.05) is 6.07 Å². The van der Waals surface area contributed by atoms with Crippen LogP contribution in [0.1, 0.15) is 0 Å². The van der Waals surface area contributed by atoms with Crippen molar-refractivity contribution in [2.45, 2.75) is 6.73 Å². The van der Waals surface area contributed by atoms with Crippen molar-refractivity contribution in [2.75, 3.05) is 0 Å². The van der Waals surface area contributed by atoms with Crippen LogP contribution in [0.2, 0.25) is 0 Å². The van der Waals surface area contributed by atoms with Crippen molar-refractivity contribution in [2.24, 2.45) is 0 Å². The number of halogens is 1. The van der Waals surface area contributed by atoms with Crippen LogP contribution in [0.5, 0.6) is 5.75 Å². The molecule has 0 aliphatic carbocycles. The zero-order chi connectivity index (χ0) is 12.3. The van der Waals surface area contributed by atoms with Gasteiger partial charge in [-0.25, -0.2) is 4.39 Å². The summed E-state index contributed by atoms with van der Waals surface area (Å²) in [7, 11) is 0. The van der Waals surface area contributed by atoms with Crippen molar-refractivity contribution in [1.82, 2.24) is 9.78 Å². The molecule has 0 unspecified atom stereocenters. The van der Waals surface area contributed by atoms with E-state index in [2.05, 4.69) is 5.10 Å². The minimum atomic E-state index is -0.599. The zero-order valence-electron chi connectivity index (χ0n) is 8.62. The van der Waals surface area contributed by atoms with Crippen molar-refractivity contribution in [1.29, 1.82) is 0 Å². The molecule has 88 valence electrons. The predicted octanol–water partition coefficient (Wildman–Crippen LogP) is 1.97. The maximum Gasteiger partial charge on any atom is 0.390 e. The van der Waals surface area contributed by atoms with Crippen LogP contribution >= 0.6 is 0 Å². The molecule has 17 heavy (non-hydrogen) atoms. The molecule has 0 aliphatic rings. The number of benzene rings is 1. The minimum Gasteiger partial charge on any atom is -0.469 e. The quantitative estimate of drug-likeness (QED) is 0.602. The van der Waals surface area contributed by atoms with Crippen molar-refractivity contribution in [3.8, 4) is 5.75 Å². The highest BCUT2D eigenvalue weighted by atomic mass is 19.1. The van der Waals surface area contributed by atoms with E-state index in [1.165, 1.54) is 35.1 Å². The molecular weight excluding hydrogens is 229 g/mol. The molecule has 7 heteroatoms. The summed E-state index contributed by atoms with van der Waals surface area (Å²) in [6, 6.07) is 6.87. The van der Waals surface area contributed by atoms with E-state index in [-0.39, 0.29) is 12.5 Å². The molecule has 6 nitrogen and oxygen atoms in total. The molecule has 0 N–H and O–H groups in total. The van der Waals surface area contributed by atoms with E-state index in [0.717, 1.165) is 0 Å². The molecule has 0 saturated carbocycles.